The van der Waals surface area contributed by atoms with Gasteiger partial charge in [-0.25, -0.2) is 9.69 Å². The van der Waals surface area contributed by atoms with E-state index < -0.39 is 6.09 Å². The largest absolute Gasteiger partial charge is 0.447 e. The maximum absolute atomic E-state index is 11.6. The van der Waals surface area contributed by atoms with Crippen molar-refractivity contribution in [2.45, 2.75) is 45.6 Å². The normalized spacial score (nSPS) is 15.9. The molecule has 0 radical (unpaired) electrons. The first-order chi connectivity index (χ1) is 10.7. The minimum Gasteiger partial charge on any atom is -0.447 e. The number of nitrogens with two attached hydrogens (primary N) is 1. The van der Waals surface area contributed by atoms with Crippen molar-refractivity contribution in [1.82, 2.24) is 4.90 Å². The Bertz CT molecular complexity index is 383. The van der Waals surface area contributed by atoms with Gasteiger partial charge >= 0.3 is 6.09 Å². The van der Waals surface area contributed by atoms with E-state index in [4.69, 9.17) is 4.74 Å². The lowest BCUT2D eigenvalue weighted by Crippen LogP contribution is -2.37. The molecule has 1 aromatic carbocycles. The molecule has 124 valence electrons. The third-order valence-electron chi connectivity index (χ3n) is 3.02. The highest BCUT2D eigenvalue weighted by molar-refractivity contribution is 5.93. The summed E-state index contributed by atoms with van der Waals surface area (Å²) in [6.45, 7) is 4.23. The number of benzene rings is 1. The molecule has 1 heterocycles. The summed E-state index contributed by atoms with van der Waals surface area (Å²) in [5, 5.41) is 0. The quantitative estimate of drug-likeness (QED) is 0.867. The number of ether oxygens (including phenoxy) is 1. The molecule has 0 bridgehead atoms. The molecule has 1 aliphatic rings. The summed E-state index contributed by atoms with van der Waals surface area (Å²) >= 11 is 0. The van der Waals surface area contributed by atoms with Crippen LogP contribution in [0.2, 0.25) is 0 Å². The van der Waals surface area contributed by atoms with Crippen LogP contribution in [-0.4, -0.2) is 36.6 Å². The van der Waals surface area contributed by atoms with Crippen LogP contribution < -0.4 is 5.73 Å². The first kappa shape index (κ1) is 20.1. The summed E-state index contributed by atoms with van der Waals surface area (Å²) in [4.78, 5) is 23.9. The third kappa shape index (κ3) is 7.78. The van der Waals surface area contributed by atoms with Gasteiger partial charge in [-0.1, -0.05) is 56.2 Å². The van der Waals surface area contributed by atoms with E-state index in [0.29, 0.717) is 13.0 Å². The molecule has 5 heteroatoms. The van der Waals surface area contributed by atoms with Crippen LogP contribution >= 0.6 is 0 Å². The molecular weight excluding hydrogens is 280 g/mol. The number of carbonyl (C=O) groups is 2. The maximum atomic E-state index is 11.6. The van der Waals surface area contributed by atoms with Crippen LogP contribution in [0.3, 0.4) is 0 Å². The second-order valence-corrected chi connectivity index (χ2v) is 4.80. The highest BCUT2D eigenvalue weighted by atomic mass is 16.6. The standard InChI is InChI=1S/C10H17NO3.C6H6.CH5N/c1-3-4-5-6-9(12)11-8(2)7-14-10(11)13;1-2-4-6-5-3-1;1-2/h8H,3-7H2,1-2H3;1-6H;2H2,1H3/t8-;;/m1../s1. The van der Waals surface area contributed by atoms with Crippen molar-refractivity contribution in [1.29, 1.82) is 0 Å². The van der Waals surface area contributed by atoms with Gasteiger partial charge < -0.3 is 10.5 Å². The molecule has 0 spiro atoms. The lowest BCUT2D eigenvalue weighted by atomic mass is 10.2. The van der Waals surface area contributed by atoms with Gasteiger partial charge in [0.05, 0.1) is 6.04 Å². The zero-order valence-corrected chi connectivity index (χ0v) is 13.8. The van der Waals surface area contributed by atoms with E-state index in [0.717, 1.165) is 19.3 Å². The smallest absolute Gasteiger partial charge is 0.416 e. The van der Waals surface area contributed by atoms with Gasteiger partial charge in [-0.05, 0) is 20.4 Å². The summed E-state index contributed by atoms with van der Waals surface area (Å²) in [5.41, 5.74) is 4.50. The van der Waals surface area contributed by atoms with Crippen LogP contribution in [0.4, 0.5) is 4.79 Å². The minimum absolute atomic E-state index is 0.100. The molecule has 0 unspecified atom stereocenters. The molecule has 2 amide bonds. The molecule has 1 atom stereocenters. The summed E-state index contributed by atoms with van der Waals surface area (Å²) < 4.78 is 4.77. The van der Waals surface area contributed by atoms with Crippen LogP contribution in [0.15, 0.2) is 36.4 Å². The fourth-order valence-corrected chi connectivity index (χ4v) is 1.90. The Labute approximate surface area is 133 Å². The Balaban J connectivity index is 0.000000457. The number of hydrogen-bond donors (Lipinski definition) is 1. The van der Waals surface area contributed by atoms with E-state index >= 15 is 0 Å². The topological polar surface area (TPSA) is 72.6 Å². The molecule has 1 saturated heterocycles. The van der Waals surface area contributed by atoms with Crippen molar-refractivity contribution >= 4 is 12.0 Å². The van der Waals surface area contributed by atoms with Gasteiger partial charge in [0.1, 0.15) is 6.61 Å². The number of rotatable bonds is 4. The molecule has 2 N–H and O–H groups in total. The van der Waals surface area contributed by atoms with Gasteiger partial charge in [-0.3, -0.25) is 4.79 Å². The van der Waals surface area contributed by atoms with Crippen molar-refractivity contribution < 1.29 is 14.3 Å². The highest BCUT2D eigenvalue weighted by Gasteiger charge is 2.34. The third-order valence-corrected chi connectivity index (χ3v) is 3.02. The Hall–Kier alpha value is -1.88. The Morgan fingerprint density at radius 2 is 1.68 bits per heavy atom. The highest BCUT2D eigenvalue weighted by Crippen LogP contribution is 2.14. The molecule has 1 aromatic rings. The molecule has 0 saturated carbocycles. The number of carbonyl (C=O) groups excluding carboxylic acids is 2. The molecule has 1 fully saturated rings. The zero-order chi connectivity index (χ0) is 16.8. The van der Waals surface area contributed by atoms with Crippen molar-refractivity contribution in [2.24, 2.45) is 5.73 Å². The van der Waals surface area contributed by atoms with E-state index in [9.17, 15) is 9.59 Å². The average Bonchev–Trinajstić information content (AvgIpc) is 2.90. The first-order valence-corrected chi connectivity index (χ1v) is 7.73. The lowest BCUT2D eigenvalue weighted by molar-refractivity contribution is -0.129. The monoisotopic (exact) mass is 308 g/mol. The maximum Gasteiger partial charge on any atom is 0.416 e. The molecule has 1 aliphatic heterocycles. The van der Waals surface area contributed by atoms with Gasteiger partial charge in [0.2, 0.25) is 5.91 Å². The fraction of sp³-hybridized carbons (Fsp3) is 0.529. The van der Waals surface area contributed by atoms with Crippen molar-refractivity contribution in [3.8, 4) is 0 Å². The van der Waals surface area contributed by atoms with Gasteiger partial charge in [0.15, 0.2) is 0 Å². The van der Waals surface area contributed by atoms with Crippen molar-refractivity contribution in [3.63, 3.8) is 0 Å². The predicted octanol–water partition coefficient (Wildman–Crippen LogP) is 3.20. The number of unbranched alkanes of at least 4 members (excludes halogenated alkanes) is 2. The van der Waals surface area contributed by atoms with Crippen LogP contribution in [0.5, 0.6) is 0 Å². The molecule has 0 aliphatic carbocycles. The van der Waals surface area contributed by atoms with Crippen LogP contribution in [0.25, 0.3) is 0 Å². The van der Waals surface area contributed by atoms with Gasteiger partial charge in [-0.15, -0.1) is 0 Å². The Morgan fingerprint density at radius 1 is 1.18 bits per heavy atom. The molecule has 22 heavy (non-hydrogen) atoms. The molecule has 2 rings (SSSR count). The number of cyclic esters (lactones) is 1. The summed E-state index contributed by atoms with van der Waals surface area (Å²) in [6, 6.07) is 11.9. The number of nitrogens with zero attached hydrogens (tertiary/aromatic N) is 1. The first-order valence-electron chi connectivity index (χ1n) is 7.73. The van der Waals surface area contributed by atoms with Crippen molar-refractivity contribution in [2.75, 3.05) is 13.7 Å². The lowest BCUT2D eigenvalue weighted by Gasteiger charge is -2.15. The van der Waals surface area contributed by atoms with Crippen molar-refractivity contribution in [3.05, 3.63) is 36.4 Å². The average molecular weight is 308 g/mol. The van der Waals surface area contributed by atoms with E-state index in [-0.39, 0.29) is 11.9 Å². The van der Waals surface area contributed by atoms with Crippen LogP contribution in [0, 0.1) is 0 Å². The molecule has 0 aromatic heterocycles. The SMILES string of the molecule is CCCCCC(=O)N1C(=O)OC[C@H]1C.CN.c1ccccc1. The minimum atomic E-state index is -0.487. The number of hydrogen-bond acceptors (Lipinski definition) is 4. The molecular formula is C17H28N2O3. The fourth-order valence-electron chi connectivity index (χ4n) is 1.90. The van der Waals surface area contributed by atoms with E-state index in [1.54, 1.807) is 0 Å². The number of amides is 2. The summed E-state index contributed by atoms with van der Waals surface area (Å²) in [6.07, 6.45) is 2.93. The Morgan fingerprint density at radius 3 is 2.05 bits per heavy atom. The Kier molecular flexibility index (Phi) is 11.7. The van der Waals surface area contributed by atoms with E-state index in [1.807, 2.05) is 43.3 Å². The molecule has 5 nitrogen and oxygen atoms in total. The number of imide groups is 1. The van der Waals surface area contributed by atoms with E-state index in [2.05, 4.69) is 12.7 Å². The second-order valence-electron chi connectivity index (χ2n) is 4.80. The van der Waals surface area contributed by atoms with Gasteiger partial charge in [0, 0.05) is 6.42 Å². The zero-order valence-electron chi connectivity index (χ0n) is 13.8. The van der Waals surface area contributed by atoms with Gasteiger partial charge in [-0.2, -0.15) is 0 Å². The second kappa shape index (κ2) is 12.8. The summed E-state index contributed by atoms with van der Waals surface area (Å²) in [7, 11) is 1.50. The van der Waals surface area contributed by atoms with E-state index in [1.165, 1.54) is 11.9 Å². The summed E-state index contributed by atoms with van der Waals surface area (Å²) in [5.74, 6) is -0.103. The van der Waals surface area contributed by atoms with Crippen LogP contribution in [0.1, 0.15) is 39.5 Å². The van der Waals surface area contributed by atoms with Gasteiger partial charge in [0.25, 0.3) is 0 Å². The van der Waals surface area contributed by atoms with Crippen LogP contribution in [-0.2, 0) is 9.53 Å². The predicted molar refractivity (Wildman–Crippen MR) is 88.4 cm³/mol.